The maximum Gasteiger partial charge on any atom is 0.198 e. The summed E-state index contributed by atoms with van der Waals surface area (Å²) in [5.41, 5.74) is 1.09. The lowest BCUT2D eigenvalue weighted by Crippen LogP contribution is -2.49. The molecule has 5 heteroatoms. The van der Waals surface area contributed by atoms with E-state index < -0.39 is 17.0 Å². The van der Waals surface area contributed by atoms with Crippen molar-refractivity contribution in [1.29, 1.82) is 0 Å². The maximum atomic E-state index is 13.9. The second-order valence-electron chi connectivity index (χ2n) is 8.00. The molecule has 0 fully saturated rings. The number of aryl methyl sites for hydroxylation is 1. The minimum Gasteiger partial charge on any atom is -0.508 e. The molecule has 1 N–H and O–H groups in total. The zero-order valence-electron chi connectivity index (χ0n) is 16.7. The lowest BCUT2D eigenvalue weighted by molar-refractivity contribution is -0.158. The van der Waals surface area contributed by atoms with Crippen molar-refractivity contribution in [2.75, 3.05) is 0 Å². The fourth-order valence-corrected chi connectivity index (χ4v) is 3.95. The third-order valence-electron chi connectivity index (χ3n) is 5.11. The predicted octanol–water partition coefficient (Wildman–Crippen LogP) is 6.13. The highest BCUT2D eigenvalue weighted by molar-refractivity contribution is 6.33. The SMILES string of the molecule is CCc1cc(-c2cccc(F)c2Cl)ccc1C1=C(O)C(C)(C)OC(C)(C)C1=O. The lowest BCUT2D eigenvalue weighted by atomic mass is 9.81. The first-order valence-corrected chi connectivity index (χ1v) is 9.63. The molecule has 0 radical (unpaired) electrons. The number of ketones is 1. The van der Waals surface area contributed by atoms with Gasteiger partial charge in [-0.15, -0.1) is 0 Å². The normalized spacial score (nSPS) is 18.5. The number of aliphatic hydroxyl groups excluding tert-OH is 1. The van der Waals surface area contributed by atoms with Crippen LogP contribution in [0.5, 0.6) is 0 Å². The first-order chi connectivity index (χ1) is 13.0. The first-order valence-electron chi connectivity index (χ1n) is 9.26. The number of carbonyl (C=O) groups excluding carboxylic acids is 1. The Kier molecular flexibility index (Phi) is 5.15. The molecule has 2 aromatic carbocycles. The van der Waals surface area contributed by atoms with Crippen molar-refractivity contribution in [3.05, 3.63) is 64.1 Å². The van der Waals surface area contributed by atoms with E-state index in [0.717, 1.165) is 11.1 Å². The average molecular weight is 403 g/mol. The number of halogens is 2. The van der Waals surface area contributed by atoms with Crippen LogP contribution >= 0.6 is 11.6 Å². The smallest absolute Gasteiger partial charge is 0.198 e. The first kappa shape index (κ1) is 20.6. The molecule has 0 aromatic heterocycles. The van der Waals surface area contributed by atoms with Crippen molar-refractivity contribution < 1.29 is 19.0 Å². The Bertz CT molecular complexity index is 989. The molecule has 1 aliphatic heterocycles. The molecule has 0 aliphatic carbocycles. The Morgan fingerprint density at radius 3 is 2.39 bits per heavy atom. The molecule has 28 heavy (non-hydrogen) atoms. The van der Waals surface area contributed by atoms with Gasteiger partial charge >= 0.3 is 0 Å². The standard InChI is InChI=1S/C23H24ClFO3/c1-6-13-12-14(16-8-7-9-17(25)19(16)24)10-11-15(13)18-20(26)22(2,3)28-23(4,5)21(18)27/h7-12,26H,6H2,1-5H3. The van der Waals surface area contributed by atoms with Crippen molar-refractivity contribution in [3.63, 3.8) is 0 Å². The Balaban J connectivity index is 2.21. The highest BCUT2D eigenvalue weighted by Gasteiger charge is 2.47. The van der Waals surface area contributed by atoms with Crippen LogP contribution in [0.2, 0.25) is 5.02 Å². The van der Waals surface area contributed by atoms with Crippen LogP contribution in [0, 0.1) is 5.82 Å². The summed E-state index contributed by atoms with van der Waals surface area (Å²) in [6.45, 7) is 8.85. The molecule has 0 spiro atoms. The van der Waals surface area contributed by atoms with Gasteiger partial charge in [0, 0.05) is 5.56 Å². The number of rotatable bonds is 3. The van der Waals surface area contributed by atoms with E-state index in [1.165, 1.54) is 6.07 Å². The van der Waals surface area contributed by atoms with Gasteiger partial charge in [0.25, 0.3) is 0 Å². The van der Waals surface area contributed by atoms with Crippen LogP contribution in [0.4, 0.5) is 4.39 Å². The molecule has 0 unspecified atom stereocenters. The largest absolute Gasteiger partial charge is 0.508 e. The van der Waals surface area contributed by atoms with Gasteiger partial charge in [0.15, 0.2) is 5.78 Å². The van der Waals surface area contributed by atoms with Gasteiger partial charge in [0.05, 0.1) is 10.6 Å². The summed E-state index contributed by atoms with van der Waals surface area (Å²) in [7, 11) is 0. The van der Waals surface area contributed by atoms with E-state index >= 15 is 0 Å². The van der Waals surface area contributed by atoms with E-state index in [1.54, 1.807) is 52.0 Å². The number of ether oxygens (including phenoxy) is 1. The summed E-state index contributed by atoms with van der Waals surface area (Å²) in [6, 6.07) is 10.1. The Hall–Kier alpha value is -2.17. The molecule has 3 nitrogen and oxygen atoms in total. The molecule has 3 rings (SSSR count). The Morgan fingerprint density at radius 2 is 1.75 bits per heavy atom. The summed E-state index contributed by atoms with van der Waals surface area (Å²) in [4.78, 5) is 13.1. The molecular weight excluding hydrogens is 379 g/mol. The fourth-order valence-electron chi connectivity index (χ4n) is 3.72. The lowest BCUT2D eigenvalue weighted by Gasteiger charge is -2.40. The van der Waals surface area contributed by atoms with Gasteiger partial charge in [-0.3, -0.25) is 4.79 Å². The third-order valence-corrected chi connectivity index (χ3v) is 5.49. The summed E-state index contributed by atoms with van der Waals surface area (Å²) in [5, 5.41) is 10.9. The number of aliphatic hydroxyl groups is 1. The second-order valence-corrected chi connectivity index (χ2v) is 8.38. The minimum absolute atomic E-state index is 0.0591. The Labute approximate surface area is 169 Å². The van der Waals surface area contributed by atoms with E-state index in [-0.39, 0.29) is 22.1 Å². The monoisotopic (exact) mass is 402 g/mol. The van der Waals surface area contributed by atoms with E-state index in [9.17, 15) is 14.3 Å². The summed E-state index contributed by atoms with van der Waals surface area (Å²) in [5.74, 6) is -0.830. The molecule has 1 heterocycles. The van der Waals surface area contributed by atoms with Crippen LogP contribution in [0.3, 0.4) is 0 Å². The predicted molar refractivity (Wildman–Crippen MR) is 110 cm³/mol. The van der Waals surface area contributed by atoms with Crippen LogP contribution in [0.1, 0.15) is 45.7 Å². The quantitative estimate of drug-likeness (QED) is 0.671. The van der Waals surface area contributed by atoms with Crippen LogP contribution in [-0.4, -0.2) is 22.1 Å². The number of Topliss-reactive ketones (excluding diaryl/α,β-unsaturated/α-hetero) is 1. The van der Waals surface area contributed by atoms with Gasteiger partial charge in [0.1, 0.15) is 22.8 Å². The average Bonchev–Trinajstić information content (AvgIpc) is 2.62. The molecule has 1 aliphatic rings. The van der Waals surface area contributed by atoms with E-state index in [2.05, 4.69) is 0 Å². The second kappa shape index (κ2) is 7.02. The van der Waals surface area contributed by atoms with Crippen molar-refractivity contribution in [2.45, 2.75) is 52.2 Å². The highest BCUT2D eigenvalue weighted by atomic mass is 35.5. The maximum absolute atomic E-state index is 13.9. The summed E-state index contributed by atoms with van der Waals surface area (Å²) >= 11 is 6.14. The third kappa shape index (κ3) is 3.36. The fraction of sp³-hybridized carbons (Fsp3) is 0.348. The van der Waals surface area contributed by atoms with Crippen molar-refractivity contribution >= 4 is 23.0 Å². The van der Waals surface area contributed by atoms with Crippen LogP contribution in [0.25, 0.3) is 16.7 Å². The van der Waals surface area contributed by atoms with E-state index in [0.29, 0.717) is 17.5 Å². The van der Waals surface area contributed by atoms with Crippen LogP contribution < -0.4 is 0 Å². The molecular formula is C23H24ClFO3. The van der Waals surface area contributed by atoms with Gasteiger partial charge in [-0.1, -0.05) is 48.9 Å². The zero-order chi connectivity index (χ0) is 20.9. The van der Waals surface area contributed by atoms with Crippen molar-refractivity contribution in [1.82, 2.24) is 0 Å². The minimum atomic E-state index is -1.05. The van der Waals surface area contributed by atoms with E-state index in [1.807, 2.05) is 13.0 Å². The number of carbonyl (C=O) groups is 1. The van der Waals surface area contributed by atoms with Crippen molar-refractivity contribution in [2.24, 2.45) is 0 Å². The van der Waals surface area contributed by atoms with Crippen molar-refractivity contribution in [3.8, 4) is 11.1 Å². The zero-order valence-corrected chi connectivity index (χ0v) is 17.4. The topological polar surface area (TPSA) is 46.5 Å². The van der Waals surface area contributed by atoms with Gasteiger partial charge in [0.2, 0.25) is 0 Å². The van der Waals surface area contributed by atoms with Gasteiger partial charge < -0.3 is 9.84 Å². The van der Waals surface area contributed by atoms with Crippen LogP contribution in [0.15, 0.2) is 42.2 Å². The highest BCUT2D eigenvalue weighted by Crippen LogP contribution is 2.41. The molecule has 148 valence electrons. The van der Waals surface area contributed by atoms with Crippen LogP contribution in [-0.2, 0) is 16.0 Å². The number of hydrogen-bond donors (Lipinski definition) is 1. The molecule has 0 saturated carbocycles. The number of hydrogen-bond acceptors (Lipinski definition) is 3. The Morgan fingerprint density at radius 1 is 1.07 bits per heavy atom. The number of benzene rings is 2. The summed E-state index contributed by atoms with van der Waals surface area (Å²) in [6.07, 6.45) is 0.627. The summed E-state index contributed by atoms with van der Waals surface area (Å²) < 4.78 is 19.7. The molecule has 0 saturated heterocycles. The van der Waals surface area contributed by atoms with E-state index in [4.69, 9.17) is 16.3 Å². The molecule has 0 bridgehead atoms. The van der Waals surface area contributed by atoms with Gasteiger partial charge in [-0.2, -0.15) is 0 Å². The molecule has 0 atom stereocenters. The van der Waals surface area contributed by atoms with Gasteiger partial charge in [-0.25, -0.2) is 4.39 Å². The molecule has 0 amide bonds. The molecule has 2 aromatic rings. The van der Waals surface area contributed by atoms with Gasteiger partial charge in [-0.05, 0) is 56.9 Å².